The van der Waals surface area contributed by atoms with E-state index < -0.39 is 22.9 Å². The highest BCUT2D eigenvalue weighted by Crippen LogP contribution is 2.54. The fraction of sp³-hybridized carbons (Fsp3) is 0.562. The van der Waals surface area contributed by atoms with Gasteiger partial charge in [-0.3, -0.25) is 14.6 Å². The molecule has 1 saturated carbocycles. The normalized spacial score (nSPS) is 29.8. The summed E-state index contributed by atoms with van der Waals surface area (Å²) in [6.07, 6.45) is 4.35. The van der Waals surface area contributed by atoms with Gasteiger partial charge in [-0.1, -0.05) is 12.2 Å². The van der Waals surface area contributed by atoms with Gasteiger partial charge in [0.2, 0.25) is 0 Å². The number of allylic oxidation sites excluding steroid dienone is 1. The van der Waals surface area contributed by atoms with Crippen molar-refractivity contribution in [2.24, 2.45) is 16.3 Å². The van der Waals surface area contributed by atoms with Crippen molar-refractivity contribution in [1.82, 2.24) is 0 Å². The second kappa shape index (κ2) is 5.13. The first-order valence-corrected chi connectivity index (χ1v) is 6.91. The van der Waals surface area contributed by atoms with E-state index in [1.165, 1.54) is 14.2 Å². The van der Waals surface area contributed by atoms with E-state index in [9.17, 15) is 9.59 Å². The molecule has 5 nitrogen and oxygen atoms in total. The molecular formula is C16H21NO4. The first-order chi connectivity index (χ1) is 9.85. The minimum Gasteiger partial charge on any atom is -0.468 e. The van der Waals surface area contributed by atoms with Gasteiger partial charge in [0.05, 0.1) is 19.8 Å². The van der Waals surface area contributed by atoms with Crippen LogP contribution in [-0.4, -0.2) is 37.4 Å². The van der Waals surface area contributed by atoms with Gasteiger partial charge in [-0.05, 0) is 25.8 Å². The molecule has 5 heteroatoms. The molecule has 0 bridgehead atoms. The lowest BCUT2D eigenvalue weighted by Gasteiger charge is -2.25. The fourth-order valence-corrected chi connectivity index (χ4v) is 3.50. The Labute approximate surface area is 124 Å². The van der Waals surface area contributed by atoms with E-state index in [-0.39, 0.29) is 12.3 Å². The Hall–Kier alpha value is -1.91. The molecule has 1 aliphatic carbocycles. The van der Waals surface area contributed by atoms with Crippen molar-refractivity contribution < 1.29 is 19.1 Å². The molecule has 0 aromatic carbocycles. The molecule has 0 amide bonds. The molecule has 0 unspecified atom stereocenters. The Morgan fingerprint density at radius 3 is 2.29 bits per heavy atom. The predicted molar refractivity (Wildman–Crippen MR) is 79.0 cm³/mol. The molecule has 0 radical (unpaired) electrons. The molecule has 2 atom stereocenters. The zero-order valence-electron chi connectivity index (χ0n) is 12.9. The first-order valence-electron chi connectivity index (χ1n) is 6.91. The summed E-state index contributed by atoms with van der Waals surface area (Å²) in [5, 5.41) is 0. The molecule has 2 rings (SSSR count). The maximum atomic E-state index is 12.3. The van der Waals surface area contributed by atoms with Gasteiger partial charge in [-0.15, -0.1) is 6.58 Å². The largest absolute Gasteiger partial charge is 0.468 e. The highest BCUT2D eigenvalue weighted by molar-refractivity contribution is 6.03. The zero-order chi connectivity index (χ0) is 15.8. The average molecular weight is 291 g/mol. The van der Waals surface area contributed by atoms with Crippen molar-refractivity contribution in [1.29, 1.82) is 0 Å². The Bertz CT molecular complexity index is 525. The van der Waals surface area contributed by atoms with E-state index in [4.69, 9.17) is 14.5 Å². The SMILES string of the molecule is C=C[C@H]1CC(C(=O)OC)(C(=O)OC)C[C@]12C=C(C)C(C)=N2. The summed E-state index contributed by atoms with van der Waals surface area (Å²) in [6, 6.07) is 0. The van der Waals surface area contributed by atoms with Crippen LogP contribution in [0.1, 0.15) is 26.7 Å². The molecule has 0 saturated heterocycles. The zero-order valence-corrected chi connectivity index (χ0v) is 12.9. The molecule has 2 aliphatic rings. The molecule has 1 aliphatic heterocycles. The van der Waals surface area contributed by atoms with Crippen LogP contribution in [0.15, 0.2) is 29.3 Å². The lowest BCUT2D eigenvalue weighted by Crippen LogP contribution is -2.40. The van der Waals surface area contributed by atoms with Crippen LogP contribution in [0.4, 0.5) is 0 Å². The number of rotatable bonds is 3. The van der Waals surface area contributed by atoms with Gasteiger partial charge >= 0.3 is 11.9 Å². The lowest BCUT2D eigenvalue weighted by molar-refractivity contribution is -0.169. The van der Waals surface area contributed by atoms with E-state index in [0.717, 1.165) is 11.3 Å². The maximum Gasteiger partial charge on any atom is 0.323 e. The molecule has 0 aromatic rings. The minimum absolute atomic E-state index is 0.108. The number of aliphatic imine (C=N–C) groups is 1. The standard InChI is InChI=1S/C16H21NO4/c1-6-12-8-15(13(18)20-4,14(19)21-5)9-16(12)7-10(2)11(3)17-16/h6-7,12H,1,8-9H2,2-5H3/t12-,16+/m0/s1. The summed E-state index contributed by atoms with van der Waals surface area (Å²) >= 11 is 0. The number of methoxy groups -OCH3 is 2. The number of esters is 2. The second-order valence-corrected chi connectivity index (χ2v) is 5.80. The highest BCUT2D eigenvalue weighted by Gasteiger charge is 2.63. The van der Waals surface area contributed by atoms with Gasteiger partial charge in [0.1, 0.15) is 0 Å². The number of carbonyl (C=O) groups excluding carboxylic acids is 2. The topological polar surface area (TPSA) is 65.0 Å². The molecule has 1 fully saturated rings. The fourth-order valence-electron chi connectivity index (χ4n) is 3.50. The van der Waals surface area contributed by atoms with Crippen LogP contribution in [0, 0.1) is 11.3 Å². The van der Waals surface area contributed by atoms with E-state index in [1.54, 1.807) is 6.08 Å². The van der Waals surface area contributed by atoms with Crippen LogP contribution in [0.2, 0.25) is 0 Å². The van der Waals surface area contributed by atoms with Gasteiger partial charge < -0.3 is 9.47 Å². The van der Waals surface area contributed by atoms with Crippen molar-refractivity contribution in [3.63, 3.8) is 0 Å². The van der Waals surface area contributed by atoms with Crippen LogP contribution >= 0.6 is 0 Å². The van der Waals surface area contributed by atoms with Crippen LogP contribution in [0.25, 0.3) is 0 Å². The lowest BCUT2D eigenvalue weighted by atomic mass is 9.83. The summed E-state index contributed by atoms with van der Waals surface area (Å²) in [4.78, 5) is 29.3. The maximum absolute atomic E-state index is 12.3. The smallest absolute Gasteiger partial charge is 0.323 e. The Kier molecular flexibility index (Phi) is 3.78. The van der Waals surface area contributed by atoms with Crippen molar-refractivity contribution >= 4 is 17.7 Å². The summed E-state index contributed by atoms with van der Waals surface area (Å²) in [5.41, 5.74) is 0.0747. The summed E-state index contributed by atoms with van der Waals surface area (Å²) in [5.74, 6) is -1.24. The Morgan fingerprint density at radius 2 is 1.90 bits per heavy atom. The molecule has 1 heterocycles. The van der Waals surface area contributed by atoms with E-state index in [0.29, 0.717) is 6.42 Å². The van der Waals surface area contributed by atoms with Gasteiger partial charge in [-0.2, -0.15) is 0 Å². The second-order valence-electron chi connectivity index (χ2n) is 5.80. The van der Waals surface area contributed by atoms with Crippen molar-refractivity contribution in [3.8, 4) is 0 Å². The van der Waals surface area contributed by atoms with Gasteiger partial charge in [0.25, 0.3) is 0 Å². The average Bonchev–Trinajstić information content (AvgIpc) is 2.95. The van der Waals surface area contributed by atoms with Crippen molar-refractivity contribution in [2.75, 3.05) is 14.2 Å². The molecule has 0 aromatic heterocycles. The number of hydrogen-bond donors (Lipinski definition) is 0. The summed E-state index contributed by atoms with van der Waals surface area (Å²) in [6.45, 7) is 7.75. The Balaban J connectivity index is 2.53. The summed E-state index contributed by atoms with van der Waals surface area (Å²) in [7, 11) is 2.57. The third kappa shape index (κ3) is 2.11. The predicted octanol–water partition coefficient (Wildman–Crippen LogP) is 2.07. The van der Waals surface area contributed by atoms with Crippen molar-refractivity contribution in [2.45, 2.75) is 32.2 Å². The monoisotopic (exact) mass is 291 g/mol. The number of hydrogen-bond acceptors (Lipinski definition) is 5. The minimum atomic E-state index is -1.31. The van der Waals surface area contributed by atoms with Gasteiger partial charge in [0, 0.05) is 18.1 Å². The van der Waals surface area contributed by atoms with E-state index in [1.807, 2.05) is 19.9 Å². The van der Waals surface area contributed by atoms with E-state index in [2.05, 4.69) is 6.58 Å². The van der Waals surface area contributed by atoms with Crippen LogP contribution in [0.5, 0.6) is 0 Å². The van der Waals surface area contributed by atoms with Gasteiger partial charge in [0.15, 0.2) is 5.41 Å². The molecule has 21 heavy (non-hydrogen) atoms. The highest BCUT2D eigenvalue weighted by atomic mass is 16.5. The summed E-state index contributed by atoms with van der Waals surface area (Å²) < 4.78 is 9.73. The van der Waals surface area contributed by atoms with E-state index >= 15 is 0 Å². The van der Waals surface area contributed by atoms with Crippen LogP contribution < -0.4 is 0 Å². The Morgan fingerprint density at radius 1 is 1.33 bits per heavy atom. The third-order valence-corrected chi connectivity index (χ3v) is 4.65. The number of carbonyl (C=O) groups is 2. The quantitative estimate of drug-likeness (QED) is 0.453. The van der Waals surface area contributed by atoms with Crippen LogP contribution in [-0.2, 0) is 19.1 Å². The number of ether oxygens (including phenoxy) is 2. The molecule has 1 spiro atoms. The molecule has 114 valence electrons. The third-order valence-electron chi connectivity index (χ3n) is 4.65. The van der Waals surface area contributed by atoms with Gasteiger partial charge in [-0.25, -0.2) is 0 Å². The number of nitrogens with zero attached hydrogens (tertiary/aromatic N) is 1. The molecular weight excluding hydrogens is 270 g/mol. The molecule has 0 N–H and O–H groups in total. The van der Waals surface area contributed by atoms with Crippen LogP contribution in [0.3, 0.4) is 0 Å². The van der Waals surface area contributed by atoms with Crippen molar-refractivity contribution in [3.05, 3.63) is 24.3 Å². The first kappa shape index (κ1) is 15.5.